The van der Waals surface area contributed by atoms with E-state index in [2.05, 4.69) is 331 Å². The third kappa shape index (κ3) is 23.0. The fraction of sp³-hybridized carbons (Fsp3) is 0.225. The van der Waals surface area contributed by atoms with Gasteiger partial charge in [-0.05, 0) is 99.6 Å². The van der Waals surface area contributed by atoms with Crippen molar-refractivity contribution < 1.29 is 50.3 Å². The van der Waals surface area contributed by atoms with Gasteiger partial charge in [0.15, 0.2) is 0 Å². The number of aromatic nitrogens is 8. The van der Waals surface area contributed by atoms with Crippen molar-refractivity contribution in [3.8, 4) is 22.3 Å². The predicted molar refractivity (Wildman–Crippen MR) is 549 cm³/mol. The topological polar surface area (TPSA) is 169 Å². The molecule has 2 N–H and O–H groups in total. The van der Waals surface area contributed by atoms with Crippen molar-refractivity contribution in [3.63, 3.8) is 0 Å². The van der Waals surface area contributed by atoms with Gasteiger partial charge in [0.05, 0.1) is 47.6 Å². The van der Waals surface area contributed by atoms with Gasteiger partial charge in [-0.15, -0.1) is 84.8 Å². The summed E-state index contributed by atoms with van der Waals surface area (Å²) in [5.41, 5.74) is 20.5. The average molecular weight is 2260 g/mol. The molecule has 23 heteroatoms. The Bertz CT molecular complexity index is 6470. The summed E-state index contributed by atoms with van der Waals surface area (Å²) in [5.74, 6) is 7.75. The zero-order valence-electron chi connectivity index (χ0n) is 78.8. The zero-order valence-corrected chi connectivity index (χ0v) is 86.8. The maximum Gasteiger partial charge on any atom is 0.488 e. The predicted octanol–water partition coefficient (Wildman–Crippen LogP) is 27.5. The summed E-state index contributed by atoms with van der Waals surface area (Å²) < 4.78 is 2.00. The minimum Gasteiger partial charge on any atom is -0.477 e. The number of hydrogen-bond acceptors (Lipinski definition) is 18. The summed E-state index contributed by atoms with van der Waals surface area (Å²) in [6.07, 6.45) is 7.53. The number of benzene rings is 11. The molecule has 0 amide bonds. The fourth-order valence-electron chi connectivity index (χ4n) is 15.4. The summed E-state index contributed by atoms with van der Waals surface area (Å²) >= 11 is 7.08. The molecule has 19 rings (SSSR count). The minimum absolute atomic E-state index is 0. The van der Waals surface area contributed by atoms with Gasteiger partial charge < -0.3 is 49.2 Å². The minimum atomic E-state index is -1.36. The van der Waals surface area contributed by atoms with E-state index in [-0.39, 0.29) is 61.9 Å². The van der Waals surface area contributed by atoms with Crippen LogP contribution >= 0.6 is 31.9 Å². The van der Waals surface area contributed by atoms with Gasteiger partial charge in [0, 0.05) is 84.6 Å². The Morgan fingerprint density at radius 2 is 0.530 bits per heavy atom. The molecule has 0 saturated carbocycles. The second kappa shape index (κ2) is 42.9. The number of hydrogen-bond donors (Lipinski definition) is 2. The van der Waals surface area contributed by atoms with Crippen LogP contribution in [0.1, 0.15) is 182 Å². The van der Waals surface area contributed by atoms with Gasteiger partial charge in [-0.1, -0.05) is 311 Å². The maximum absolute atomic E-state index is 9.01. The number of nitrogens with zero attached hydrogens (tertiary/aromatic N) is 16. The van der Waals surface area contributed by atoms with Gasteiger partial charge in [0.1, 0.15) is 46.5 Å². The van der Waals surface area contributed by atoms with E-state index < -0.39 is 7.12 Å². The number of anilines is 16. The van der Waals surface area contributed by atoms with Crippen LogP contribution in [0.4, 0.5) is 92.0 Å². The van der Waals surface area contributed by atoms with Gasteiger partial charge in [-0.2, -0.15) is 72.8 Å². The van der Waals surface area contributed by atoms with Crippen LogP contribution in [0.5, 0.6) is 0 Å². The van der Waals surface area contributed by atoms with Crippen molar-refractivity contribution in [2.75, 3.05) is 39.2 Å². The molecular weight excluding hydrogens is 2140 g/mol. The average Bonchev–Trinajstić information content (AvgIpc) is 1.62. The van der Waals surface area contributed by atoms with E-state index in [0.717, 1.165) is 129 Å². The number of fused-ring (bicyclic) bond motifs is 4. The van der Waals surface area contributed by atoms with Crippen LogP contribution in [0.15, 0.2) is 301 Å². The molecule has 134 heavy (non-hydrogen) atoms. The third-order valence-electron chi connectivity index (χ3n) is 22.7. The molecule has 11 aromatic carbocycles. The largest absolute Gasteiger partial charge is 0.488 e. The first kappa shape index (κ1) is 99.9. The van der Waals surface area contributed by atoms with Gasteiger partial charge >= 0.3 is 7.12 Å². The van der Waals surface area contributed by atoms with E-state index in [9.17, 15) is 0 Å². The van der Waals surface area contributed by atoms with E-state index >= 15 is 0 Å². The van der Waals surface area contributed by atoms with Crippen LogP contribution in [0.25, 0.3) is 22.3 Å². The Morgan fingerprint density at radius 3 is 0.806 bits per heavy atom. The first-order valence-corrected chi connectivity index (χ1v) is 46.2. The Hall–Kier alpha value is -11.6. The monoisotopic (exact) mass is 2250 g/mol. The molecule has 0 aliphatic carbocycles. The van der Waals surface area contributed by atoms with Gasteiger partial charge in [-0.25, -0.2) is 39.9 Å². The number of halogens is 2. The molecule has 0 unspecified atom stereocenters. The van der Waals surface area contributed by atoms with Gasteiger partial charge in [0.2, 0.25) is 0 Å². The molecule has 0 spiro atoms. The Labute approximate surface area is 836 Å². The molecule has 0 saturated heterocycles. The van der Waals surface area contributed by atoms with Gasteiger partial charge in [-0.3, -0.25) is 0 Å². The Kier molecular flexibility index (Phi) is 32.0. The molecule has 18 nitrogen and oxygen atoms in total. The molecule has 15 aromatic rings. The van der Waals surface area contributed by atoms with Crippen molar-refractivity contribution in [3.05, 3.63) is 391 Å². The van der Waals surface area contributed by atoms with Crippen LogP contribution in [0, 0.1) is 50.9 Å². The molecule has 690 valence electrons. The van der Waals surface area contributed by atoms with E-state index in [1.807, 2.05) is 195 Å². The summed E-state index contributed by atoms with van der Waals surface area (Å²) in [7, 11) is -1.36. The van der Waals surface area contributed by atoms with Gasteiger partial charge in [0.25, 0.3) is 0 Å². The van der Waals surface area contributed by atoms with E-state index in [0.29, 0.717) is 23.2 Å². The maximum atomic E-state index is 9.01. The van der Waals surface area contributed by atoms with Crippen LogP contribution in [0.2, 0.25) is 0 Å². The summed E-state index contributed by atoms with van der Waals surface area (Å²) in [6, 6.07) is 103. The molecule has 2 radical (unpaired) electrons. The molecule has 0 fully saturated rings. The zero-order chi connectivity index (χ0) is 93.5. The van der Waals surface area contributed by atoms with E-state index in [1.54, 1.807) is 12.1 Å². The quantitative estimate of drug-likeness (QED) is 0.0778. The van der Waals surface area contributed by atoms with E-state index in [4.69, 9.17) is 49.9 Å². The molecule has 0 atom stereocenters. The first-order chi connectivity index (χ1) is 63.1. The first-order valence-electron chi connectivity index (χ1n) is 44.6. The van der Waals surface area contributed by atoms with Crippen LogP contribution in [0.3, 0.4) is 0 Å². The SMILES string of the molecule is CC(C)(C)c1cnc2c(n1)N(c1[c-]ccc(Br)c1)[CH-]N2c1ccccc1.CC(C)(C)c1cnc2c(n1)N(c1ccccc1)[CH-]N2c1[c-]ccc(Br)c1.CC(C)c1ccccc1-c1cc[c-]c(N2[CH-]N(c3ccccc3)c3nc(C(C)(C)C)cnc32)c1.CC(C)c1ccccc1-c1cc[c-]c(N2[CH-]N(c3ccccc3)c3ncc(C(C)(C)C)nc32)c1.CC(C)c1ccccc1B(O)O.[Ir].[Ir]. The van der Waals surface area contributed by atoms with Crippen LogP contribution in [-0.2, 0) is 61.9 Å². The molecule has 4 aliphatic heterocycles. The second-order valence-corrected chi connectivity index (χ2v) is 39.6. The van der Waals surface area contributed by atoms with Crippen LogP contribution < -0.4 is 44.7 Å². The third-order valence-corrected chi connectivity index (χ3v) is 23.7. The summed E-state index contributed by atoms with van der Waals surface area (Å²) in [5, 5.41) is 18.0. The fourth-order valence-corrected chi connectivity index (χ4v) is 16.1. The summed E-state index contributed by atoms with van der Waals surface area (Å²) in [6.45, 7) is 47.0. The molecule has 0 bridgehead atoms. The molecular formula is C111H111BBr2Ir2N16O2-8. The van der Waals surface area contributed by atoms with Crippen LogP contribution in [-0.4, -0.2) is 57.0 Å². The second-order valence-electron chi connectivity index (χ2n) is 37.7. The van der Waals surface area contributed by atoms with Crippen molar-refractivity contribution in [2.24, 2.45) is 0 Å². The molecule has 8 heterocycles. The number of rotatable bonds is 14. The number of para-hydroxylation sites is 4. The van der Waals surface area contributed by atoms with Crippen molar-refractivity contribution in [1.82, 2.24) is 39.9 Å². The van der Waals surface area contributed by atoms with Crippen molar-refractivity contribution >= 4 is 136 Å². The normalized spacial score (nSPS) is 13.1. The van der Waals surface area contributed by atoms with Crippen molar-refractivity contribution in [1.29, 1.82) is 0 Å². The van der Waals surface area contributed by atoms with E-state index in [1.165, 1.54) is 33.4 Å². The molecule has 4 aromatic heterocycles. The van der Waals surface area contributed by atoms with Crippen molar-refractivity contribution in [2.45, 2.75) is 164 Å². The molecule has 4 aliphatic rings. The summed E-state index contributed by atoms with van der Waals surface area (Å²) in [4.78, 5) is 55.8. The smallest absolute Gasteiger partial charge is 0.477 e. The Balaban J connectivity index is 0.000000146. The Morgan fingerprint density at radius 1 is 0.291 bits per heavy atom. The standard InChI is InChI=1S/2C30H30N4.2C21H19BrN4.C9H13BO2.2Ir/c1-21(2)25-16-9-10-17-26(25)22-12-11-15-24(18-22)34-20-33(23-13-7-6-8-14-23)29-28(34)31-19-27(32-29)30(3,4)5;1-21(2)25-16-9-10-17-26(25)22-12-11-15-24(18-22)34-20-33(23-13-7-6-8-14-23)28-29(34)32-27(19-31-28)30(3,4)5;1-21(2,3)18-13-23-19-20(24-18)25(16-9-5-4-6-10-16)14-26(19)17-11-7-8-15(22)12-17;1-21(2,3)18-13-23-19-20(24-18)26(17-11-7-8-15(22)12-17)14-25(19)16-9-5-4-6-10-16;1-7(2)8-5-3-4-6-9(8)10(11)12;;/h2*6-14,16-21H,1-5H3;2*4-10,12-14H,1-3H3;3-7,11-12H,1-2H3;;/q4*-2;;;.